The van der Waals surface area contributed by atoms with Crippen molar-refractivity contribution >= 4 is 5.91 Å². The van der Waals surface area contributed by atoms with Crippen LogP contribution in [-0.4, -0.2) is 38.3 Å². The number of piperidine rings is 1. The highest BCUT2D eigenvalue weighted by Gasteiger charge is 2.43. The molecule has 1 saturated carbocycles. The van der Waals surface area contributed by atoms with Crippen LogP contribution in [0.1, 0.15) is 26.2 Å². The third-order valence-corrected chi connectivity index (χ3v) is 3.41. The molecular formula is C12H22N2O2. The van der Waals surface area contributed by atoms with Crippen LogP contribution in [0, 0.1) is 11.8 Å². The van der Waals surface area contributed by atoms with Gasteiger partial charge in [-0.25, -0.2) is 0 Å². The standard InChI is InChI=1S/C12H22N2O2/c1-2-16-11-6-10(11)12(15)14-8-9-4-3-5-13-7-9/h9-11,13H,2-8H2,1H3,(H,14,15). The normalized spacial score (nSPS) is 33.4. The van der Waals surface area contributed by atoms with E-state index >= 15 is 0 Å². The molecule has 1 aliphatic heterocycles. The van der Waals surface area contributed by atoms with Gasteiger partial charge in [-0.05, 0) is 45.2 Å². The Hall–Kier alpha value is -0.610. The van der Waals surface area contributed by atoms with E-state index in [1.54, 1.807) is 0 Å². The maximum absolute atomic E-state index is 11.7. The quantitative estimate of drug-likeness (QED) is 0.719. The molecule has 2 fully saturated rings. The van der Waals surface area contributed by atoms with Crippen molar-refractivity contribution in [3.8, 4) is 0 Å². The van der Waals surface area contributed by atoms with Gasteiger partial charge in [-0.1, -0.05) is 0 Å². The summed E-state index contributed by atoms with van der Waals surface area (Å²) in [5, 5.41) is 6.40. The summed E-state index contributed by atoms with van der Waals surface area (Å²) >= 11 is 0. The Morgan fingerprint density at radius 2 is 2.44 bits per heavy atom. The van der Waals surface area contributed by atoms with Gasteiger partial charge in [-0.3, -0.25) is 4.79 Å². The fourth-order valence-corrected chi connectivity index (χ4v) is 2.32. The SMILES string of the molecule is CCOC1CC1C(=O)NCC1CCCNC1. The monoisotopic (exact) mass is 226 g/mol. The molecule has 4 nitrogen and oxygen atoms in total. The van der Waals surface area contributed by atoms with E-state index in [0.717, 1.165) is 26.1 Å². The minimum atomic E-state index is 0.122. The van der Waals surface area contributed by atoms with E-state index in [1.807, 2.05) is 6.92 Å². The minimum Gasteiger partial charge on any atom is -0.378 e. The van der Waals surface area contributed by atoms with Gasteiger partial charge in [0.25, 0.3) is 0 Å². The molecular weight excluding hydrogens is 204 g/mol. The number of amides is 1. The smallest absolute Gasteiger partial charge is 0.225 e. The molecule has 16 heavy (non-hydrogen) atoms. The van der Waals surface area contributed by atoms with Crippen LogP contribution in [0.2, 0.25) is 0 Å². The van der Waals surface area contributed by atoms with Crippen LogP contribution in [0.25, 0.3) is 0 Å². The molecule has 1 saturated heterocycles. The maximum atomic E-state index is 11.7. The van der Waals surface area contributed by atoms with Crippen molar-refractivity contribution in [2.75, 3.05) is 26.2 Å². The lowest BCUT2D eigenvalue weighted by Gasteiger charge is -2.22. The Balaban J connectivity index is 1.61. The predicted octanol–water partition coefficient (Wildman–Crippen LogP) is 0.527. The van der Waals surface area contributed by atoms with Gasteiger partial charge in [0, 0.05) is 13.2 Å². The van der Waals surface area contributed by atoms with Gasteiger partial charge in [0.2, 0.25) is 5.91 Å². The van der Waals surface area contributed by atoms with Crippen LogP contribution in [0.15, 0.2) is 0 Å². The molecule has 0 aromatic carbocycles. The highest BCUT2D eigenvalue weighted by atomic mass is 16.5. The van der Waals surface area contributed by atoms with Crippen LogP contribution < -0.4 is 10.6 Å². The fraction of sp³-hybridized carbons (Fsp3) is 0.917. The summed E-state index contributed by atoms with van der Waals surface area (Å²) in [6, 6.07) is 0. The molecule has 4 heteroatoms. The van der Waals surface area contributed by atoms with Gasteiger partial charge in [0.1, 0.15) is 0 Å². The Morgan fingerprint density at radius 1 is 1.56 bits per heavy atom. The Morgan fingerprint density at radius 3 is 3.12 bits per heavy atom. The summed E-state index contributed by atoms with van der Waals surface area (Å²) in [7, 11) is 0. The van der Waals surface area contributed by atoms with E-state index in [2.05, 4.69) is 10.6 Å². The van der Waals surface area contributed by atoms with Crippen LogP contribution in [0.4, 0.5) is 0 Å². The van der Waals surface area contributed by atoms with Gasteiger partial charge in [0.05, 0.1) is 12.0 Å². The lowest BCUT2D eigenvalue weighted by atomic mass is 10.00. The van der Waals surface area contributed by atoms with Crippen LogP contribution in [-0.2, 0) is 9.53 Å². The lowest BCUT2D eigenvalue weighted by molar-refractivity contribution is -0.123. The third kappa shape index (κ3) is 3.19. The molecule has 1 amide bonds. The van der Waals surface area contributed by atoms with Gasteiger partial charge >= 0.3 is 0 Å². The second kappa shape index (κ2) is 5.64. The molecule has 2 rings (SSSR count). The summed E-state index contributed by atoms with van der Waals surface area (Å²) in [6.45, 7) is 5.67. The largest absolute Gasteiger partial charge is 0.378 e. The first-order valence-corrected chi connectivity index (χ1v) is 6.41. The summed E-state index contributed by atoms with van der Waals surface area (Å²) in [5.41, 5.74) is 0. The molecule has 0 aromatic rings. The van der Waals surface area contributed by atoms with Crippen molar-refractivity contribution in [1.82, 2.24) is 10.6 Å². The highest BCUT2D eigenvalue weighted by molar-refractivity contribution is 5.82. The molecule has 2 aliphatic rings. The first-order chi connectivity index (χ1) is 7.81. The van der Waals surface area contributed by atoms with E-state index < -0.39 is 0 Å². The third-order valence-electron chi connectivity index (χ3n) is 3.41. The molecule has 92 valence electrons. The topological polar surface area (TPSA) is 50.4 Å². The van der Waals surface area contributed by atoms with Crippen LogP contribution >= 0.6 is 0 Å². The summed E-state index contributed by atoms with van der Waals surface area (Å²) in [5.74, 6) is 0.919. The van der Waals surface area contributed by atoms with Crippen molar-refractivity contribution in [1.29, 1.82) is 0 Å². The van der Waals surface area contributed by atoms with Crippen molar-refractivity contribution in [2.24, 2.45) is 11.8 Å². The van der Waals surface area contributed by atoms with Crippen molar-refractivity contribution < 1.29 is 9.53 Å². The fourth-order valence-electron chi connectivity index (χ4n) is 2.32. The molecule has 2 N–H and O–H groups in total. The van der Waals surface area contributed by atoms with Crippen molar-refractivity contribution in [2.45, 2.75) is 32.3 Å². The molecule has 0 spiro atoms. The number of nitrogens with one attached hydrogen (secondary N) is 2. The Kier molecular flexibility index (Phi) is 4.18. The first kappa shape index (κ1) is 11.9. The second-order valence-corrected chi connectivity index (χ2v) is 4.79. The van der Waals surface area contributed by atoms with E-state index in [0.29, 0.717) is 12.5 Å². The van der Waals surface area contributed by atoms with Crippen LogP contribution in [0.5, 0.6) is 0 Å². The zero-order valence-corrected chi connectivity index (χ0v) is 10.00. The predicted molar refractivity (Wildman–Crippen MR) is 62.1 cm³/mol. The lowest BCUT2D eigenvalue weighted by Crippen LogP contribution is -2.38. The number of carbonyl (C=O) groups is 1. The van der Waals surface area contributed by atoms with Gasteiger partial charge < -0.3 is 15.4 Å². The van der Waals surface area contributed by atoms with Gasteiger partial charge in [0.15, 0.2) is 0 Å². The molecule has 0 bridgehead atoms. The molecule has 1 aliphatic carbocycles. The molecule has 0 aromatic heterocycles. The number of ether oxygens (including phenoxy) is 1. The first-order valence-electron chi connectivity index (χ1n) is 6.41. The van der Waals surface area contributed by atoms with Gasteiger partial charge in [-0.2, -0.15) is 0 Å². The average Bonchev–Trinajstić information content (AvgIpc) is 3.07. The number of rotatable bonds is 5. The number of carbonyl (C=O) groups excluding carboxylic acids is 1. The molecule has 0 radical (unpaired) electrons. The summed E-state index contributed by atoms with van der Waals surface area (Å²) < 4.78 is 5.41. The van der Waals surface area contributed by atoms with E-state index in [-0.39, 0.29) is 17.9 Å². The van der Waals surface area contributed by atoms with Crippen molar-refractivity contribution in [3.63, 3.8) is 0 Å². The van der Waals surface area contributed by atoms with Crippen LogP contribution in [0.3, 0.4) is 0 Å². The highest BCUT2D eigenvalue weighted by Crippen LogP contribution is 2.33. The zero-order valence-electron chi connectivity index (χ0n) is 10.00. The molecule has 3 unspecified atom stereocenters. The maximum Gasteiger partial charge on any atom is 0.225 e. The summed E-state index contributed by atoms with van der Waals surface area (Å²) in [4.78, 5) is 11.7. The summed E-state index contributed by atoms with van der Waals surface area (Å²) in [6.07, 6.45) is 3.55. The van der Waals surface area contributed by atoms with E-state index in [1.165, 1.54) is 12.8 Å². The van der Waals surface area contributed by atoms with Crippen molar-refractivity contribution in [3.05, 3.63) is 0 Å². The number of hydrogen-bond acceptors (Lipinski definition) is 3. The Bertz CT molecular complexity index is 239. The zero-order chi connectivity index (χ0) is 11.4. The van der Waals surface area contributed by atoms with Gasteiger partial charge in [-0.15, -0.1) is 0 Å². The Labute approximate surface area is 97.1 Å². The second-order valence-electron chi connectivity index (χ2n) is 4.79. The molecule has 3 atom stereocenters. The number of hydrogen-bond donors (Lipinski definition) is 2. The average molecular weight is 226 g/mol. The van der Waals surface area contributed by atoms with E-state index in [4.69, 9.17) is 4.74 Å². The minimum absolute atomic E-state index is 0.122. The molecule has 1 heterocycles. The van der Waals surface area contributed by atoms with E-state index in [9.17, 15) is 4.79 Å².